The van der Waals surface area contributed by atoms with Crippen molar-refractivity contribution in [1.29, 1.82) is 0 Å². The van der Waals surface area contributed by atoms with Gasteiger partial charge in [0.2, 0.25) is 0 Å². The lowest BCUT2D eigenvalue weighted by atomic mass is 10.2. The highest BCUT2D eigenvalue weighted by Gasteiger charge is 2.28. The number of ether oxygens (including phenoxy) is 2. The van der Waals surface area contributed by atoms with Crippen LogP contribution < -0.4 is 10.1 Å². The van der Waals surface area contributed by atoms with Crippen LogP contribution in [0.1, 0.15) is 19.4 Å². The van der Waals surface area contributed by atoms with Crippen LogP contribution in [0.25, 0.3) is 0 Å². The Morgan fingerprint density at radius 2 is 1.95 bits per heavy atom. The van der Waals surface area contributed by atoms with Gasteiger partial charge in [-0.3, -0.25) is 4.74 Å². The van der Waals surface area contributed by atoms with Crippen molar-refractivity contribution in [1.82, 2.24) is 5.32 Å². The molecule has 0 saturated carbocycles. The van der Waals surface area contributed by atoms with E-state index in [1.54, 1.807) is 18.2 Å². The van der Waals surface area contributed by atoms with Gasteiger partial charge in [0.15, 0.2) is 0 Å². The van der Waals surface area contributed by atoms with Gasteiger partial charge in [-0.1, -0.05) is 26.0 Å². The Balaban J connectivity index is 2.35. The maximum absolute atomic E-state index is 11.7. The minimum atomic E-state index is -4.60. The molecule has 1 aromatic carbocycles. The number of benzene rings is 1. The first-order valence-corrected chi connectivity index (χ1v) is 6.02. The second-order valence-electron chi connectivity index (χ2n) is 4.33. The summed E-state index contributed by atoms with van der Waals surface area (Å²) in [4.78, 5) is 0. The number of nitrogens with one attached hydrogen (secondary N) is 1. The van der Waals surface area contributed by atoms with Gasteiger partial charge >= 0.3 is 6.36 Å². The molecule has 19 heavy (non-hydrogen) atoms. The topological polar surface area (TPSA) is 30.5 Å². The van der Waals surface area contributed by atoms with Crippen molar-refractivity contribution >= 4 is 0 Å². The lowest BCUT2D eigenvalue weighted by Gasteiger charge is -2.11. The van der Waals surface area contributed by atoms with E-state index in [4.69, 9.17) is 4.74 Å². The molecule has 1 rings (SSSR count). The lowest BCUT2D eigenvalue weighted by molar-refractivity contribution is -0.325. The standard InChI is InChI=1S/C13H18F3NO2/c1-10(2)17-9-11-4-3-5-12(8-11)18-6-7-19-13(14,15)16/h3-5,8,10,17H,6-7,9H2,1-2H3. The molecular formula is C13H18F3NO2. The molecule has 1 N–H and O–H groups in total. The molecule has 108 valence electrons. The van der Waals surface area contributed by atoms with Crippen molar-refractivity contribution < 1.29 is 22.6 Å². The van der Waals surface area contributed by atoms with Crippen molar-refractivity contribution in [2.75, 3.05) is 13.2 Å². The van der Waals surface area contributed by atoms with Gasteiger partial charge < -0.3 is 10.1 Å². The fourth-order valence-electron chi connectivity index (χ4n) is 1.38. The summed E-state index contributed by atoms with van der Waals surface area (Å²) < 4.78 is 44.0. The fourth-order valence-corrected chi connectivity index (χ4v) is 1.38. The van der Waals surface area contributed by atoms with Crippen LogP contribution in [0, 0.1) is 0 Å². The van der Waals surface area contributed by atoms with Gasteiger partial charge in [0.1, 0.15) is 12.4 Å². The average Bonchev–Trinajstić information content (AvgIpc) is 2.32. The first-order chi connectivity index (χ1) is 8.87. The number of hydrogen-bond acceptors (Lipinski definition) is 3. The predicted molar refractivity (Wildman–Crippen MR) is 65.9 cm³/mol. The molecule has 0 bridgehead atoms. The molecule has 0 radical (unpaired) electrons. The van der Waals surface area contributed by atoms with Crippen LogP contribution in [0.3, 0.4) is 0 Å². The number of rotatable bonds is 7. The zero-order valence-electron chi connectivity index (χ0n) is 11.0. The van der Waals surface area contributed by atoms with Gasteiger partial charge in [0.25, 0.3) is 0 Å². The van der Waals surface area contributed by atoms with Gasteiger partial charge in [-0.25, -0.2) is 0 Å². The highest BCUT2D eigenvalue weighted by Crippen LogP contribution is 2.17. The summed E-state index contributed by atoms with van der Waals surface area (Å²) >= 11 is 0. The maximum Gasteiger partial charge on any atom is 0.522 e. The van der Waals surface area contributed by atoms with Gasteiger partial charge in [-0.2, -0.15) is 0 Å². The third kappa shape index (κ3) is 7.69. The van der Waals surface area contributed by atoms with Crippen LogP contribution in [0.2, 0.25) is 0 Å². The highest BCUT2D eigenvalue weighted by atomic mass is 19.4. The normalized spacial score (nSPS) is 11.9. The van der Waals surface area contributed by atoms with E-state index in [-0.39, 0.29) is 6.61 Å². The van der Waals surface area contributed by atoms with Crippen LogP contribution in [0.4, 0.5) is 13.2 Å². The smallest absolute Gasteiger partial charge is 0.491 e. The van der Waals surface area contributed by atoms with Crippen LogP contribution >= 0.6 is 0 Å². The molecule has 0 heterocycles. The van der Waals surface area contributed by atoms with E-state index >= 15 is 0 Å². The second kappa shape index (κ2) is 7.35. The Bertz CT molecular complexity index is 380. The Morgan fingerprint density at radius 1 is 1.21 bits per heavy atom. The summed E-state index contributed by atoms with van der Waals surface area (Å²) in [5.74, 6) is 0.536. The third-order valence-electron chi connectivity index (χ3n) is 2.23. The average molecular weight is 277 g/mol. The Hall–Kier alpha value is -1.27. The van der Waals surface area contributed by atoms with E-state index in [0.717, 1.165) is 5.56 Å². The van der Waals surface area contributed by atoms with Crippen molar-refractivity contribution in [3.63, 3.8) is 0 Å². The third-order valence-corrected chi connectivity index (χ3v) is 2.23. The van der Waals surface area contributed by atoms with Crippen LogP contribution in [-0.4, -0.2) is 25.6 Å². The molecule has 0 amide bonds. The first-order valence-electron chi connectivity index (χ1n) is 6.02. The summed E-state index contributed by atoms with van der Waals surface area (Å²) in [7, 11) is 0. The zero-order valence-corrected chi connectivity index (χ0v) is 11.0. The number of alkyl halides is 3. The van der Waals surface area contributed by atoms with E-state index in [9.17, 15) is 13.2 Å². The molecule has 6 heteroatoms. The SMILES string of the molecule is CC(C)NCc1cccc(OCCOC(F)(F)F)c1. The minimum absolute atomic E-state index is 0.138. The van der Waals surface area contributed by atoms with E-state index < -0.39 is 13.0 Å². The number of halogens is 3. The molecule has 1 aromatic rings. The zero-order chi connectivity index (χ0) is 14.3. The van der Waals surface area contributed by atoms with Crippen molar-refractivity contribution in [3.8, 4) is 5.75 Å². The van der Waals surface area contributed by atoms with Crippen molar-refractivity contribution in [3.05, 3.63) is 29.8 Å². The molecule has 0 fully saturated rings. The Labute approximate surface area is 110 Å². The summed E-state index contributed by atoms with van der Waals surface area (Å²) in [5.41, 5.74) is 1.02. The van der Waals surface area contributed by atoms with Crippen LogP contribution in [-0.2, 0) is 11.3 Å². The molecule has 3 nitrogen and oxygen atoms in total. The molecule has 0 saturated heterocycles. The largest absolute Gasteiger partial charge is 0.522 e. The van der Waals surface area contributed by atoms with Gasteiger partial charge in [0.05, 0.1) is 6.61 Å². The first kappa shape index (κ1) is 15.8. The van der Waals surface area contributed by atoms with E-state index in [2.05, 4.69) is 10.1 Å². The van der Waals surface area contributed by atoms with Crippen molar-refractivity contribution in [2.24, 2.45) is 0 Å². The molecule has 0 unspecified atom stereocenters. The molecule has 0 aliphatic rings. The monoisotopic (exact) mass is 277 g/mol. The predicted octanol–water partition coefficient (Wildman–Crippen LogP) is 3.10. The molecule has 0 aromatic heterocycles. The molecule has 0 spiro atoms. The van der Waals surface area contributed by atoms with Crippen molar-refractivity contribution in [2.45, 2.75) is 32.8 Å². The maximum atomic E-state index is 11.7. The van der Waals surface area contributed by atoms with E-state index in [1.165, 1.54) is 0 Å². The highest BCUT2D eigenvalue weighted by molar-refractivity contribution is 5.28. The molecule has 0 aliphatic carbocycles. The van der Waals surface area contributed by atoms with E-state index in [1.807, 2.05) is 19.9 Å². The second-order valence-corrected chi connectivity index (χ2v) is 4.33. The number of hydrogen-bond donors (Lipinski definition) is 1. The van der Waals surface area contributed by atoms with Crippen LogP contribution in [0.5, 0.6) is 5.75 Å². The quantitative estimate of drug-likeness (QED) is 0.777. The van der Waals surface area contributed by atoms with Gasteiger partial charge in [-0.15, -0.1) is 13.2 Å². The fraction of sp³-hybridized carbons (Fsp3) is 0.538. The summed E-state index contributed by atoms with van der Waals surface area (Å²) in [6.07, 6.45) is -4.60. The molecule has 0 atom stereocenters. The van der Waals surface area contributed by atoms with Gasteiger partial charge in [0, 0.05) is 12.6 Å². The van der Waals surface area contributed by atoms with E-state index in [0.29, 0.717) is 18.3 Å². The van der Waals surface area contributed by atoms with Gasteiger partial charge in [-0.05, 0) is 17.7 Å². The minimum Gasteiger partial charge on any atom is -0.491 e. The Morgan fingerprint density at radius 3 is 2.58 bits per heavy atom. The summed E-state index contributed by atoms with van der Waals surface area (Å²) in [6.45, 7) is 4.11. The molecule has 0 aliphatic heterocycles. The summed E-state index contributed by atoms with van der Waals surface area (Å²) in [6, 6.07) is 7.59. The Kier molecular flexibility index (Phi) is 6.11. The molecular weight excluding hydrogens is 259 g/mol. The summed E-state index contributed by atoms with van der Waals surface area (Å²) in [5, 5.41) is 3.25. The van der Waals surface area contributed by atoms with Crippen LogP contribution in [0.15, 0.2) is 24.3 Å². The lowest BCUT2D eigenvalue weighted by Crippen LogP contribution is -2.21.